The van der Waals surface area contributed by atoms with Crippen molar-refractivity contribution >= 4 is 23.7 Å². The van der Waals surface area contributed by atoms with E-state index in [0.29, 0.717) is 6.42 Å². The number of carbonyl (C=O) groups excluding carboxylic acids is 4. The van der Waals surface area contributed by atoms with Crippen molar-refractivity contribution in [1.82, 2.24) is 15.5 Å². The molecule has 0 saturated carbocycles. The number of nitrogens with zero attached hydrogens (tertiary/aromatic N) is 1. The number of carbonyl (C=O) groups is 4. The lowest BCUT2D eigenvalue weighted by Gasteiger charge is -2.31. The summed E-state index contributed by atoms with van der Waals surface area (Å²) in [6, 6.07) is 5.15. The van der Waals surface area contributed by atoms with Crippen molar-refractivity contribution in [2.24, 2.45) is 11.8 Å². The second-order valence-corrected chi connectivity index (χ2v) is 9.21. The first-order valence-electron chi connectivity index (χ1n) is 11.5. The molecule has 3 unspecified atom stereocenters. The van der Waals surface area contributed by atoms with Gasteiger partial charge in [0.2, 0.25) is 11.8 Å². The summed E-state index contributed by atoms with van der Waals surface area (Å²) >= 11 is 0. The number of alkyl carbamates (subject to hydrolysis) is 1. The predicted octanol–water partition coefficient (Wildman–Crippen LogP) is 3.20. The predicted molar refractivity (Wildman–Crippen MR) is 121 cm³/mol. The highest BCUT2D eigenvalue weighted by Gasteiger charge is 2.46. The molecule has 3 atom stereocenters. The Morgan fingerprint density at radius 3 is 2.14 bits per heavy atom. The lowest BCUT2D eigenvalue weighted by Crippen LogP contribution is -2.58. The minimum absolute atomic E-state index is 0.00422. The Hall–Kier alpha value is -3.11. The minimum atomic E-state index is -5.10. The van der Waals surface area contributed by atoms with Crippen LogP contribution in [0.4, 0.5) is 18.0 Å². The molecule has 2 N–H and O–H groups in total. The molecule has 0 aromatic heterocycles. The molecule has 194 valence electrons. The third-order valence-electron chi connectivity index (χ3n) is 5.78. The van der Waals surface area contributed by atoms with Gasteiger partial charge in [-0.05, 0) is 30.2 Å². The van der Waals surface area contributed by atoms with E-state index in [1.807, 2.05) is 6.07 Å². The first-order valence-corrected chi connectivity index (χ1v) is 11.5. The number of hydrogen-bond acceptors (Lipinski definition) is 5. The van der Waals surface area contributed by atoms with E-state index in [9.17, 15) is 32.3 Å². The van der Waals surface area contributed by atoms with Crippen molar-refractivity contribution in [2.45, 2.75) is 71.4 Å². The van der Waals surface area contributed by atoms with Crippen LogP contribution < -0.4 is 10.6 Å². The quantitative estimate of drug-likeness (QED) is 0.543. The second kappa shape index (κ2) is 12.0. The van der Waals surface area contributed by atoms with Crippen LogP contribution in [-0.2, 0) is 25.7 Å². The van der Waals surface area contributed by atoms with E-state index in [-0.39, 0.29) is 25.5 Å². The molecular weight excluding hydrogens is 467 g/mol. The number of ketones is 1. The summed E-state index contributed by atoms with van der Waals surface area (Å²) in [4.78, 5) is 51.4. The number of hydrogen-bond donors (Lipinski definition) is 2. The molecule has 1 heterocycles. The number of benzene rings is 1. The molecule has 1 aromatic rings. The molecular formula is C24H32F3N3O5. The van der Waals surface area contributed by atoms with Crippen molar-refractivity contribution in [3.63, 3.8) is 0 Å². The second-order valence-electron chi connectivity index (χ2n) is 9.21. The maximum absolute atomic E-state index is 13.3. The Balaban J connectivity index is 2.07. The van der Waals surface area contributed by atoms with Crippen molar-refractivity contribution in [2.75, 3.05) is 6.54 Å². The maximum Gasteiger partial charge on any atom is 0.452 e. The maximum atomic E-state index is 13.3. The molecule has 0 bridgehead atoms. The smallest absolute Gasteiger partial charge is 0.445 e. The van der Waals surface area contributed by atoms with Crippen LogP contribution in [0.3, 0.4) is 0 Å². The molecule has 8 nitrogen and oxygen atoms in total. The summed E-state index contributed by atoms with van der Waals surface area (Å²) in [5.74, 6) is -4.58. The van der Waals surface area contributed by atoms with E-state index in [1.165, 1.54) is 18.7 Å². The molecule has 2 rings (SSSR count). The number of likely N-dealkylation sites (tertiary alicyclic amines) is 1. The Bertz CT molecular complexity index is 905. The summed E-state index contributed by atoms with van der Waals surface area (Å²) < 4.78 is 44.1. The Morgan fingerprint density at radius 1 is 1.00 bits per heavy atom. The van der Waals surface area contributed by atoms with Gasteiger partial charge in [0, 0.05) is 6.54 Å². The molecule has 1 aromatic carbocycles. The van der Waals surface area contributed by atoms with Crippen LogP contribution in [-0.4, -0.2) is 59.4 Å². The van der Waals surface area contributed by atoms with Crippen LogP contribution >= 0.6 is 0 Å². The van der Waals surface area contributed by atoms with E-state index in [2.05, 4.69) is 10.6 Å². The van der Waals surface area contributed by atoms with Gasteiger partial charge < -0.3 is 20.3 Å². The van der Waals surface area contributed by atoms with Gasteiger partial charge in [0.15, 0.2) is 0 Å². The zero-order chi connectivity index (χ0) is 26.3. The van der Waals surface area contributed by atoms with Gasteiger partial charge in [0.05, 0.1) is 6.04 Å². The summed E-state index contributed by atoms with van der Waals surface area (Å²) in [5.41, 5.74) is 0.763. The average Bonchev–Trinajstić information content (AvgIpc) is 3.28. The van der Waals surface area contributed by atoms with Crippen LogP contribution in [0.2, 0.25) is 0 Å². The van der Waals surface area contributed by atoms with Crippen molar-refractivity contribution in [3.05, 3.63) is 35.9 Å². The zero-order valence-electron chi connectivity index (χ0n) is 20.2. The largest absolute Gasteiger partial charge is 0.452 e. The summed E-state index contributed by atoms with van der Waals surface area (Å²) in [7, 11) is 0. The topological polar surface area (TPSA) is 105 Å². The number of amides is 3. The lowest BCUT2D eigenvalue weighted by atomic mass is 9.98. The summed E-state index contributed by atoms with van der Waals surface area (Å²) in [5, 5.41) is 4.72. The number of halogens is 3. The normalized spacial score (nSPS) is 17.7. The lowest BCUT2D eigenvalue weighted by molar-refractivity contribution is -0.175. The number of Topliss-reactive ketones (excluding diaryl/α,β-unsaturated/α-hetero) is 1. The molecule has 0 aliphatic carbocycles. The van der Waals surface area contributed by atoms with Crippen LogP contribution in [0.15, 0.2) is 30.3 Å². The molecule has 0 spiro atoms. The SMILES string of the molecule is CC(C)C(NC(=O)OCc1ccccc1)C(=O)N1CCCC1C(=O)NC(C(=O)C(F)(F)F)C(C)C. The third-order valence-corrected chi connectivity index (χ3v) is 5.78. The molecule has 11 heteroatoms. The van der Waals surface area contributed by atoms with Crippen molar-refractivity contribution in [3.8, 4) is 0 Å². The van der Waals surface area contributed by atoms with E-state index in [4.69, 9.17) is 4.74 Å². The first kappa shape index (κ1) is 28.1. The standard InChI is InChI=1S/C24H32F3N3O5/c1-14(2)18(20(31)24(25,26)27)28-21(32)17-11-8-12-30(17)22(33)19(15(3)4)29-23(34)35-13-16-9-6-5-7-10-16/h5-7,9-10,14-15,17-19H,8,11-13H2,1-4H3,(H,28,32)(H,29,34). The molecule has 1 aliphatic rings. The third kappa shape index (κ3) is 7.69. The number of alkyl halides is 3. The molecule has 1 saturated heterocycles. The van der Waals surface area contributed by atoms with E-state index >= 15 is 0 Å². The highest BCUT2D eigenvalue weighted by molar-refractivity contribution is 5.96. The number of rotatable bonds is 9. The molecule has 35 heavy (non-hydrogen) atoms. The highest BCUT2D eigenvalue weighted by atomic mass is 19.4. The number of nitrogens with one attached hydrogen (secondary N) is 2. The monoisotopic (exact) mass is 499 g/mol. The van der Waals surface area contributed by atoms with Gasteiger partial charge in [-0.2, -0.15) is 13.2 Å². The van der Waals surface area contributed by atoms with Gasteiger partial charge in [0.1, 0.15) is 18.7 Å². The Kier molecular flexibility index (Phi) is 9.67. The van der Waals surface area contributed by atoms with Crippen LogP contribution in [0, 0.1) is 11.8 Å². The fourth-order valence-electron chi connectivity index (χ4n) is 3.85. The van der Waals surface area contributed by atoms with Crippen LogP contribution in [0.1, 0.15) is 46.1 Å². The van der Waals surface area contributed by atoms with Crippen LogP contribution in [0.5, 0.6) is 0 Å². The highest BCUT2D eigenvalue weighted by Crippen LogP contribution is 2.24. The van der Waals surface area contributed by atoms with Gasteiger partial charge in [0.25, 0.3) is 5.78 Å². The average molecular weight is 500 g/mol. The fraction of sp³-hybridized carbons (Fsp3) is 0.583. The Morgan fingerprint density at radius 2 is 1.60 bits per heavy atom. The van der Waals surface area contributed by atoms with Gasteiger partial charge in [-0.15, -0.1) is 0 Å². The van der Waals surface area contributed by atoms with E-state index in [0.717, 1.165) is 5.56 Å². The molecule has 1 fully saturated rings. The van der Waals surface area contributed by atoms with E-state index in [1.54, 1.807) is 38.1 Å². The first-order chi connectivity index (χ1) is 16.3. The number of ether oxygens (including phenoxy) is 1. The Labute approximate surface area is 202 Å². The minimum Gasteiger partial charge on any atom is -0.445 e. The molecule has 0 radical (unpaired) electrons. The molecule has 3 amide bonds. The van der Waals surface area contributed by atoms with Gasteiger partial charge >= 0.3 is 12.3 Å². The van der Waals surface area contributed by atoms with E-state index < -0.39 is 53.9 Å². The fourth-order valence-corrected chi connectivity index (χ4v) is 3.85. The molecule has 1 aliphatic heterocycles. The van der Waals surface area contributed by atoms with Gasteiger partial charge in [-0.1, -0.05) is 58.0 Å². The van der Waals surface area contributed by atoms with Gasteiger partial charge in [-0.25, -0.2) is 4.79 Å². The van der Waals surface area contributed by atoms with Crippen molar-refractivity contribution < 1.29 is 37.1 Å². The van der Waals surface area contributed by atoms with Crippen LogP contribution in [0.25, 0.3) is 0 Å². The summed E-state index contributed by atoms with van der Waals surface area (Å²) in [6.07, 6.45) is -5.23. The van der Waals surface area contributed by atoms with Gasteiger partial charge in [-0.3, -0.25) is 14.4 Å². The summed E-state index contributed by atoms with van der Waals surface area (Å²) in [6.45, 7) is 6.41. The van der Waals surface area contributed by atoms with Crippen molar-refractivity contribution in [1.29, 1.82) is 0 Å². The zero-order valence-corrected chi connectivity index (χ0v) is 20.2.